The van der Waals surface area contributed by atoms with Gasteiger partial charge in [0.05, 0.1) is 49.4 Å². The molecule has 0 heterocycles. The van der Waals surface area contributed by atoms with Crippen molar-refractivity contribution in [1.29, 1.82) is 5.26 Å². The van der Waals surface area contributed by atoms with Crippen LogP contribution < -0.4 is 0 Å². The van der Waals surface area contributed by atoms with E-state index in [0.29, 0.717) is 6.08 Å². The minimum atomic E-state index is -6.07. The Labute approximate surface area is 149 Å². The number of halogens is 3. The van der Waals surface area contributed by atoms with E-state index in [9.17, 15) is 31.8 Å². The number of alkyl halides is 3. The van der Waals surface area contributed by atoms with Crippen LogP contribution in [0.3, 0.4) is 0 Å². The van der Waals surface area contributed by atoms with Crippen molar-refractivity contribution in [3.8, 4) is 6.07 Å². The van der Waals surface area contributed by atoms with Gasteiger partial charge in [-0.15, -0.1) is 0 Å². The lowest BCUT2D eigenvalue weighted by Crippen LogP contribution is -2.48. The topological polar surface area (TPSA) is 108 Å². The van der Waals surface area contributed by atoms with Gasteiger partial charge in [0.15, 0.2) is 5.79 Å². The molecule has 0 saturated heterocycles. The molecule has 6 nitrogen and oxygen atoms in total. The first-order chi connectivity index (χ1) is 10.8. The fourth-order valence-electron chi connectivity index (χ4n) is 3.44. The Bertz CT molecular complexity index is 716. The molecule has 16 heteroatoms. The van der Waals surface area contributed by atoms with Gasteiger partial charge in [-0.05, 0) is 5.21 Å². The molecule has 1 saturated carbocycles. The molecular weight excluding hydrogens is 356 g/mol. The smallest absolute Gasteiger partial charge is 0.379 e. The molecule has 0 aliphatic heterocycles. The number of nitrogens with zero attached hydrogens (tertiary/aromatic N) is 1. The van der Waals surface area contributed by atoms with Gasteiger partial charge >= 0.3 is 15.6 Å². The first-order valence-electron chi connectivity index (χ1n) is 7.34. The van der Waals surface area contributed by atoms with Gasteiger partial charge < -0.3 is 14.4 Å². The molecule has 1 aliphatic rings. The molecule has 0 amide bonds. The van der Waals surface area contributed by atoms with Crippen molar-refractivity contribution in [3.05, 3.63) is 11.8 Å². The van der Waals surface area contributed by atoms with E-state index in [0.717, 1.165) is 0 Å². The second kappa shape index (κ2) is 5.79. The molecule has 25 heavy (non-hydrogen) atoms. The molecular formula is C9H16B6F3NO5S. The Hall–Kier alpha value is -0.920. The molecule has 0 spiro atoms. The lowest BCUT2D eigenvalue weighted by molar-refractivity contribution is -0.190. The maximum absolute atomic E-state index is 12.7. The van der Waals surface area contributed by atoms with Crippen molar-refractivity contribution >= 4 is 57.2 Å². The van der Waals surface area contributed by atoms with Crippen LogP contribution >= 0.6 is 0 Å². The minimum absolute atomic E-state index is 0.453. The lowest BCUT2D eigenvalue weighted by atomic mass is 9.20. The average Bonchev–Trinajstić information content (AvgIpc) is 2.41. The molecule has 1 rings (SSSR count). The fraction of sp³-hybridized carbons (Fsp3) is 0.667. The van der Waals surface area contributed by atoms with Gasteiger partial charge in [0, 0.05) is 0 Å². The Morgan fingerprint density at radius 2 is 1.56 bits per heavy atom. The van der Waals surface area contributed by atoms with Gasteiger partial charge in [0.1, 0.15) is 21.5 Å². The number of hydrogen-bond donors (Lipinski definition) is 2. The Kier molecular flexibility index (Phi) is 5.12. The highest BCUT2D eigenvalue weighted by atomic mass is 32.2. The fourth-order valence-corrected chi connectivity index (χ4v) is 3.93. The van der Waals surface area contributed by atoms with E-state index in [1.54, 1.807) is 31.4 Å². The average molecular weight is 372 g/mol. The highest BCUT2D eigenvalue weighted by Gasteiger charge is 2.71. The van der Waals surface area contributed by atoms with Crippen molar-refractivity contribution in [2.45, 2.75) is 26.9 Å². The number of nitriles is 1. The molecule has 1 fully saturated rings. The molecule has 132 valence electrons. The van der Waals surface area contributed by atoms with Crippen LogP contribution in [-0.4, -0.2) is 77.0 Å². The summed E-state index contributed by atoms with van der Waals surface area (Å²) in [5, 5.41) is 27.0. The summed E-state index contributed by atoms with van der Waals surface area (Å²) in [5.41, 5.74) is -5.72. The van der Waals surface area contributed by atoms with Crippen LogP contribution in [-0.2, 0) is 14.3 Å². The van der Waals surface area contributed by atoms with Crippen molar-refractivity contribution in [2.75, 3.05) is 0 Å². The Morgan fingerprint density at radius 1 is 1.12 bits per heavy atom. The van der Waals surface area contributed by atoms with Crippen LogP contribution in [0.4, 0.5) is 13.2 Å². The number of rotatable bonds is 3. The molecule has 0 bridgehead atoms. The summed E-state index contributed by atoms with van der Waals surface area (Å²) < 4.78 is 64.9. The van der Waals surface area contributed by atoms with Gasteiger partial charge in [-0.3, -0.25) is 0 Å². The summed E-state index contributed by atoms with van der Waals surface area (Å²) in [5.74, 6) is -5.20. The molecule has 0 aromatic heterocycles. The first kappa shape index (κ1) is 22.1. The van der Waals surface area contributed by atoms with E-state index < -0.39 is 48.7 Å². The van der Waals surface area contributed by atoms with Gasteiger partial charge in [-0.2, -0.15) is 26.9 Å². The largest absolute Gasteiger partial charge is 0.534 e. The summed E-state index contributed by atoms with van der Waals surface area (Å²) in [4.78, 5) is 0. The molecule has 0 aromatic carbocycles. The highest BCUT2D eigenvalue weighted by Crippen LogP contribution is 2.74. The zero-order valence-electron chi connectivity index (χ0n) is 14.8. The third kappa shape index (κ3) is 2.94. The number of allylic oxidation sites excluding steroid dienone is 1. The van der Waals surface area contributed by atoms with Crippen LogP contribution in [0, 0.1) is 17.2 Å². The predicted octanol–water partition coefficient (Wildman–Crippen LogP) is -5.28. The summed E-state index contributed by atoms with van der Waals surface area (Å²) in [7, 11) is 3.36. The van der Waals surface area contributed by atoms with Gasteiger partial charge in [0.25, 0.3) is 0 Å². The molecule has 2 N–H and O–H groups in total. The SMILES string of the molecule is BC1(B)C(/C(=C/C#N)OS(=O)(=O)C(F)(F)F)C(O)(O)C(B)(B)C1(B)B. The van der Waals surface area contributed by atoms with Crippen LogP contribution in [0.1, 0.15) is 0 Å². The second-order valence-electron chi connectivity index (χ2n) is 7.79. The number of hydrogen-bond acceptors (Lipinski definition) is 6. The summed E-state index contributed by atoms with van der Waals surface area (Å²) in [6.07, 6.45) is 0.453. The second-order valence-corrected chi connectivity index (χ2v) is 9.33. The summed E-state index contributed by atoms with van der Waals surface area (Å²) in [6, 6.07) is 1.41. The monoisotopic (exact) mass is 373 g/mol. The Morgan fingerprint density at radius 3 is 1.84 bits per heavy atom. The highest BCUT2D eigenvalue weighted by molar-refractivity contribution is 7.87. The van der Waals surface area contributed by atoms with Crippen LogP contribution in [0.25, 0.3) is 0 Å². The van der Waals surface area contributed by atoms with Gasteiger partial charge in [0.2, 0.25) is 0 Å². The third-order valence-electron chi connectivity index (χ3n) is 6.20. The normalized spacial score (nSPS) is 27.4. The van der Waals surface area contributed by atoms with E-state index in [-0.39, 0.29) is 0 Å². The van der Waals surface area contributed by atoms with Gasteiger partial charge in [-0.1, -0.05) is 10.4 Å². The van der Waals surface area contributed by atoms with Crippen LogP contribution in [0.2, 0.25) is 15.6 Å². The number of aliphatic hydroxyl groups is 2. The van der Waals surface area contributed by atoms with Crippen LogP contribution in [0.15, 0.2) is 11.8 Å². The van der Waals surface area contributed by atoms with Crippen molar-refractivity contribution in [3.63, 3.8) is 0 Å². The van der Waals surface area contributed by atoms with Crippen molar-refractivity contribution < 1.29 is 36.0 Å². The molecule has 1 unspecified atom stereocenters. The van der Waals surface area contributed by atoms with Crippen molar-refractivity contribution in [2.24, 2.45) is 5.92 Å². The van der Waals surface area contributed by atoms with Crippen molar-refractivity contribution in [1.82, 2.24) is 0 Å². The van der Waals surface area contributed by atoms with Crippen LogP contribution in [0.5, 0.6) is 0 Å². The Balaban J connectivity index is 3.64. The summed E-state index contributed by atoms with van der Waals surface area (Å²) >= 11 is 0. The van der Waals surface area contributed by atoms with E-state index in [4.69, 9.17) is 5.26 Å². The third-order valence-corrected chi connectivity index (χ3v) is 7.18. The molecule has 1 aliphatic carbocycles. The zero-order valence-corrected chi connectivity index (χ0v) is 15.6. The molecule has 0 aromatic rings. The lowest BCUT2D eigenvalue weighted by Gasteiger charge is -2.46. The van der Waals surface area contributed by atoms with E-state index in [1.165, 1.54) is 21.8 Å². The quantitative estimate of drug-likeness (QED) is 0.128. The maximum Gasteiger partial charge on any atom is 0.534 e. The van der Waals surface area contributed by atoms with E-state index in [2.05, 4.69) is 4.18 Å². The first-order valence-corrected chi connectivity index (χ1v) is 8.75. The van der Waals surface area contributed by atoms with E-state index in [1.807, 2.05) is 0 Å². The molecule has 0 radical (unpaired) electrons. The standard InChI is InChI=1S/C9H16B6F3NO5S/c10-5(11)4(6(20,21)8(14,15)7(5,12)13)3(1-2-19)24-25(22,23)9(16,17)18/h1,4,20-21H,10-15H2/b3-1-. The zero-order chi connectivity index (χ0) is 20.3. The van der Waals surface area contributed by atoms with E-state index >= 15 is 0 Å². The predicted molar refractivity (Wildman–Crippen MR) is 99.8 cm³/mol. The minimum Gasteiger partial charge on any atom is -0.379 e. The maximum atomic E-state index is 12.7. The van der Waals surface area contributed by atoms with Gasteiger partial charge in [-0.25, -0.2) is 0 Å². The summed E-state index contributed by atoms with van der Waals surface area (Å²) in [6.45, 7) is 0. The molecule has 1 atom stereocenters.